The number of benzene rings is 1. The van der Waals surface area contributed by atoms with Gasteiger partial charge in [-0.3, -0.25) is 0 Å². The van der Waals surface area contributed by atoms with E-state index in [-0.39, 0.29) is 35.5 Å². The minimum absolute atomic E-state index is 0. The van der Waals surface area contributed by atoms with Gasteiger partial charge in [0.25, 0.3) is 0 Å². The number of ether oxygens (including phenoxy) is 4. The number of aliphatic hydroxyl groups excluding tert-OH is 5. The first-order chi connectivity index (χ1) is 14.8. The predicted molar refractivity (Wildman–Crippen MR) is 96.2 cm³/mol. The molecule has 0 bridgehead atoms. The number of carboxylic acids is 1. The summed E-state index contributed by atoms with van der Waals surface area (Å²) in [7, 11) is 0. The van der Waals surface area contributed by atoms with Gasteiger partial charge in [0.15, 0.2) is 6.29 Å². The molecule has 0 spiro atoms. The van der Waals surface area contributed by atoms with Crippen molar-refractivity contribution in [3.8, 4) is 0 Å². The molecule has 3 aliphatic heterocycles. The van der Waals surface area contributed by atoms with Gasteiger partial charge in [-0.1, -0.05) is 18.2 Å². The van der Waals surface area contributed by atoms with Gasteiger partial charge in [0.2, 0.25) is 12.2 Å². The first-order valence-corrected chi connectivity index (χ1v) is 9.62. The molecular weight excluding hydrogens is 441 g/mol. The van der Waals surface area contributed by atoms with Gasteiger partial charge in [0.05, 0.1) is 12.6 Å². The Labute approximate surface area is 204 Å². The number of carbonyl (C=O) groups is 1. The second-order valence-corrected chi connectivity index (χ2v) is 7.44. The van der Waals surface area contributed by atoms with Gasteiger partial charge >= 0.3 is 29.6 Å². The maximum Gasteiger partial charge on any atom is 1.00 e. The topological polar surface area (TPSA) is 191 Å². The van der Waals surface area contributed by atoms with Crippen molar-refractivity contribution in [2.24, 2.45) is 4.99 Å². The summed E-state index contributed by atoms with van der Waals surface area (Å²) in [6.45, 7) is -0.592. The quantitative estimate of drug-likeness (QED) is 0.261. The van der Waals surface area contributed by atoms with E-state index in [1.807, 2.05) is 0 Å². The molecule has 5 N–H and O–H groups in total. The summed E-state index contributed by atoms with van der Waals surface area (Å²) in [6.07, 6.45) is -14.4. The van der Waals surface area contributed by atoms with Crippen molar-refractivity contribution in [2.75, 3.05) is 6.61 Å². The smallest absolute Gasteiger partial charge is 0.547 e. The van der Waals surface area contributed by atoms with Crippen LogP contribution in [0, 0.1) is 0 Å². The molecule has 2 saturated heterocycles. The van der Waals surface area contributed by atoms with E-state index < -0.39 is 73.9 Å². The number of hydrogen-bond acceptors (Lipinski definition) is 12. The molecule has 0 amide bonds. The van der Waals surface area contributed by atoms with E-state index in [2.05, 4.69) is 4.99 Å². The third-order valence-electron chi connectivity index (χ3n) is 5.43. The molecular formula is C19H22NNaO11. The average molecular weight is 463 g/mol. The fourth-order valence-corrected chi connectivity index (χ4v) is 3.75. The summed E-state index contributed by atoms with van der Waals surface area (Å²) in [5.74, 6) is -1.62. The van der Waals surface area contributed by atoms with Crippen molar-refractivity contribution < 1.29 is 83.9 Å². The Morgan fingerprint density at radius 3 is 2.34 bits per heavy atom. The molecule has 3 heterocycles. The van der Waals surface area contributed by atoms with Crippen LogP contribution in [0.1, 0.15) is 5.56 Å². The molecule has 1 aromatic carbocycles. The summed E-state index contributed by atoms with van der Waals surface area (Å²) in [5.41, 5.74) is 0.624. The number of nitrogens with zero attached hydrogens (tertiary/aromatic N) is 1. The van der Waals surface area contributed by atoms with Crippen LogP contribution in [0.5, 0.6) is 0 Å². The van der Waals surface area contributed by atoms with E-state index in [9.17, 15) is 35.4 Å². The minimum Gasteiger partial charge on any atom is -0.547 e. The molecule has 2 fully saturated rings. The zero-order valence-electron chi connectivity index (χ0n) is 17.0. The SMILES string of the molecule is O=C([O-])[C@H]1O[C@@H](O[C@H]2[C@@H](O)[C@@H](CO)O[C@H]3OC(c4ccccc4)=N[C@H]32)[C@H](O)[C@@H](O)[C@@H]1O.[Na+]. The van der Waals surface area contributed by atoms with Crippen LogP contribution in [-0.4, -0.2) is 105 Å². The maximum atomic E-state index is 11.2. The van der Waals surface area contributed by atoms with Crippen LogP contribution in [0.4, 0.5) is 0 Å². The van der Waals surface area contributed by atoms with Crippen LogP contribution in [0.25, 0.3) is 0 Å². The van der Waals surface area contributed by atoms with Crippen LogP contribution >= 0.6 is 0 Å². The third-order valence-corrected chi connectivity index (χ3v) is 5.43. The van der Waals surface area contributed by atoms with Gasteiger partial charge in [-0.25, -0.2) is 4.99 Å². The van der Waals surface area contributed by atoms with E-state index in [1.54, 1.807) is 30.3 Å². The standard InChI is InChI=1S/C19H23NO11.Na/c21-6-8-10(22)14(29-19-13(25)11(23)12(24)15(30-19)17(26)27)9-18(28-8)31-16(20-9)7-4-2-1-3-5-7;/h1-5,8-15,18-19,21-25H,6H2,(H,26,27);/q;+1/p-1/t8-,9+,10+,11+,12+,13-,14-,15+,18+,19-;/m1./s1. The fourth-order valence-electron chi connectivity index (χ4n) is 3.75. The first kappa shape index (κ1) is 25.5. The van der Waals surface area contributed by atoms with Gasteiger partial charge in [-0.05, 0) is 12.1 Å². The Kier molecular flexibility index (Phi) is 8.28. The molecule has 12 nitrogen and oxygen atoms in total. The van der Waals surface area contributed by atoms with Gasteiger partial charge in [-0.2, -0.15) is 0 Å². The fraction of sp³-hybridized carbons (Fsp3) is 0.579. The molecule has 32 heavy (non-hydrogen) atoms. The molecule has 13 heteroatoms. The normalized spacial score (nSPS) is 41.1. The Balaban J connectivity index is 0.00000289. The monoisotopic (exact) mass is 463 g/mol. The number of aliphatic imine (C=N–C) groups is 1. The molecule has 4 rings (SSSR count). The van der Waals surface area contributed by atoms with Gasteiger partial charge in [0.1, 0.15) is 48.8 Å². The van der Waals surface area contributed by atoms with E-state index >= 15 is 0 Å². The summed E-state index contributed by atoms with van der Waals surface area (Å²) in [6, 6.07) is 7.85. The molecule has 0 unspecified atom stereocenters. The van der Waals surface area contributed by atoms with E-state index in [4.69, 9.17) is 18.9 Å². The van der Waals surface area contributed by atoms with E-state index in [0.29, 0.717) is 5.56 Å². The van der Waals surface area contributed by atoms with Gasteiger partial charge in [0, 0.05) is 5.56 Å². The Bertz CT molecular complexity index is 827. The van der Waals surface area contributed by atoms with Crippen molar-refractivity contribution in [1.29, 1.82) is 0 Å². The van der Waals surface area contributed by atoms with Gasteiger partial charge in [-0.15, -0.1) is 0 Å². The number of aliphatic carboxylic acids is 1. The maximum absolute atomic E-state index is 11.2. The van der Waals surface area contributed by atoms with Crippen LogP contribution in [0.3, 0.4) is 0 Å². The molecule has 0 aliphatic carbocycles. The number of aliphatic hydroxyl groups is 5. The number of hydrogen-bond donors (Lipinski definition) is 5. The second kappa shape index (κ2) is 10.4. The van der Waals surface area contributed by atoms with Crippen molar-refractivity contribution in [1.82, 2.24) is 0 Å². The van der Waals surface area contributed by atoms with Crippen LogP contribution in [0.2, 0.25) is 0 Å². The number of rotatable bonds is 5. The van der Waals surface area contributed by atoms with Crippen molar-refractivity contribution >= 4 is 11.9 Å². The molecule has 0 radical (unpaired) electrons. The van der Waals surface area contributed by atoms with Crippen LogP contribution in [0.15, 0.2) is 35.3 Å². The number of carboxylic acid groups (broad SMARTS) is 1. The molecule has 10 atom stereocenters. The Morgan fingerprint density at radius 2 is 1.72 bits per heavy atom. The van der Waals surface area contributed by atoms with Crippen LogP contribution < -0.4 is 34.7 Å². The summed E-state index contributed by atoms with van der Waals surface area (Å²) >= 11 is 0. The van der Waals surface area contributed by atoms with Crippen molar-refractivity contribution in [3.63, 3.8) is 0 Å². The van der Waals surface area contributed by atoms with Crippen molar-refractivity contribution in [2.45, 2.75) is 61.3 Å². The zero-order chi connectivity index (χ0) is 22.3. The summed E-state index contributed by atoms with van der Waals surface area (Å²) < 4.78 is 22.0. The molecule has 0 aromatic heterocycles. The minimum atomic E-state index is -1.98. The predicted octanol–water partition coefficient (Wildman–Crippen LogP) is -7.14. The largest absolute Gasteiger partial charge is 1.00 e. The third kappa shape index (κ3) is 4.72. The number of carbonyl (C=O) groups excluding carboxylic acids is 1. The Hall–Kier alpha value is -1.16. The first-order valence-electron chi connectivity index (χ1n) is 9.62. The van der Waals surface area contributed by atoms with Gasteiger partial charge < -0.3 is 54.4 Å². The summed E-state index contributed by atoms with van der Waals surface area (Å²) in [5, 5.41) is 61.4. The molecule has 0 saturated carbocycles. The average Bonchev–Trinajstić information content (AvgIpc) is 3.19. The van der Waals surface area contributed by atoms with Crippen molar-refractivity contribution in [3.05, 3.63) is 35.9 Å². The Morgan fingerprint density at radius 1 is 1.03 bits per heavy atom. The number of fused-ring (bicyclic) bond motifs is 1. The zero-order valence-corrected chi connectivity index (χ0v) is 19.0. The molecule has 170 valence electrons. The molecule has 1 aromatic rings. The molecule has 3 aliphatic rings. The van der Waals surface area contributed by atoms with E-state index in [1.165, 1.54) is 0 Å². The second-order valence-electron chi connectivity index (χ2n) is 7.44. The van der Waals surface area contributed by atoms with E-state index in [0.717, 1.165) is 0 Å². The van der Waals surface area contributed by atoms with Crippen LogP contribution in [-0.2, 0) is 23.7 Å². The summed E-state index contributed by atoms with van der Waals surface area (Å²) in [4.78, 5) is 15.6.